The monoisotopic (exact) mass is 332 g/mol. The fraction of sp³-hybridized carbons (Fsp3) is 0.333. The standard InChI is InChI=1S/C18H21BrO/c1-4-13(3)14-5-7-15(8-6-14)18(20)16-9-12(2)10-17(19)11-16/h5-11,13,18,20H,4H2,1-3H3. The molecule has 0 bridgehead atoms. The average molecular weight is 333 g/mol. The molecule has 2 rings (SSSR count). The van der Waals surface area contributed by atoms with Crippen molar-refractivity contribution in [2.75, 3.05) is 0 Å². The summed E-state index contributed by atoms with van der Waals surface area (Å²) in [5.41, 5.74) is 4.33. The van der Waals surface area contributed by atoms with Crippen LogP contribution in [0.25, 0.3) is 0 Å². The quantitative estimate of drug-likeness (QED) is 0.799. The molecule has 0 spiro atoms. The zero-order valence-corrected chi connectivity index (χ0v) is 13.8. The molecule has 106 valence electrons. The van der Waals surface area contributed by atoms with Gasteiger partial charge in [-0.2, -0.15) is 0 Å². The molecule has 20 heavy (non-hydrogen) atoms. The van der Waals surface area contributed by atoms with Gasteiger partial charge in [0, 0.05) is 4.47 Å². The van der Waals surface area contributed by atoms with Crippen molar-refractivity contribution in [2.24, 2.45) is 0 Å². The van der Waals surface area contributed by atoms with Gasteiger partial charge < -0.3 is 5.11 Å². The normalized spacial score (nSPS) is 14.1. The molecule has 0 radical (unpaired) electrons. The van der Waals surface area contributed by atoms with Crippen LogP contribution >= 0.6 is 15.9 Å². The number of rotatable bonds is 4. The summed E-state index contributed by atoms with van der Waals surface area (Å²) in [6, 6.07) is 14.3. The van der Waals surface area contributed by atoms with Crippen molar-refractivity contribution in [3.8, 4) is 0 Å². The first-order chi connectivity index (χ1) is 9.51. The van der Waals surface area contributed by atoms with Gasteiger partial charge in [0.2, 0.25) is 0 Å². The third kappa shape index (κ3) is 3.50. The third-order valence-electron chi connectivity index (χ3n) is 3.81. The molecule has 0 aromatic heterocycles. The van der Waals surface area contributed by atoms with Gasteiger partial charge in [-0.15, -0.1) is 0 Å². The highest BCUT2D eigenvalue weighted by Gasteiger charge is 2.12. The van der Waals surface area contributed by atoms with Crippen LogP contribution in [-0.4, -0.2) is 5.11 Å². The van der Waals surface area contributed by atoms with Gasteiger partial charge in [0.25, 0.3) is 0 Å². The largest absolute Gasteiger partial charge is 0.384 e. The lowest BCUT2D eigenvalue weighted by Gasteiger charge is -2.15. The van der Waals surface area contributed by atoms with E-state index in [1.165, 1.54) is 5.56 Å². The smallest absolute Gasteiger partial charge is 0.104 e. The van der Waals surface area contributed by atoms with E-state index < -0.39 is 6.10 Å². The van der Waals surface area contributed by atoms with E-state index in [-0.39, 0.29) is 0 Å². The topological polar surface area (TPSA) is 20.2 Å². The SMILES string of the molecule is CCC(C)c1ccc(C(O)c2cc(C)cc(Br)c2)cc1. The molecule has 1 N–H and O–H groups in total. The van der Waals surface area contributed by atoms with Crippen LogP contribution in [0, 0.1) is 6.92 Å². The van der Waals surface area contributed by atoms with E-state index >= 15 is 0 Å². The van der Waals surface area contributed by atoms with Gasteiger partial charge in [-0.25, -0.2) is 0 Å². The van der Waals surface area contributed by atoms with Crippen molar-refractivity contribution in [3.63, 3.8) is 0 Å². The Labute approximate surface area is 129 Å². The van der Waals surface area contributed by atoms with Crippen LogP contribution in [0.2, 0.25) is 0 Å². The van der Waals surface area contributed by atoms with Crippen molar-refractivity contribution in [3.05, 3.63) is 69.2 Å². The van der Waals surface area contributed by atoms with E-state index in [1.54, 1.807) is 0 Å². The van der Waals surface area contributed by atoms with Gasteiger partial charge in [0.15, 0.2) is 0 Å². The van der Waals surface area contributed by atoms with Crippen LogP contribution in [0.5, 0.6) is 0 Å². The summed E-state index contributed by atoms with van der Waals surface area (Å²) in [6.45, 7) is 6.45. The highest BCUT2D eigenvalue weighted by Crippen LogP contribution is 2.27. The van der Waals surface area contributed by atoms with Crippen molar-refractivity contribution in [1.29, 1.82) is 0 Å². The van der Waals surface area contributed by atoms with Gasteiger partial charge in [-0.1, -0.05) is 60.1 Å². The van der Waals surface area contributed by atoms with Crippen LogP contribution < -0.4 is 0 Å². The van der Waals surface area contributed by atoms with Gasteiger partial charge in [-0.3, -0.25) is 0 Å². The second-order valence-electron chi connectivity index (χ2n) is 5.44. The maximum absolute atomic E-state index is 10.5. The predicted molar refractivity (Wildman–Crippen MR) is 88.1 cm³/mol. The van der Waals surface area contributed by atoms with Gasteiger partial charge in [-0.05, 0) is 53.6 Å². The Kier molecular flexibility index (Phi) is 5.00. The summed E-state index contributed by atoms with van der Waals surface area (Å²) >= 11 is 3.48. The maximum Gasteiger partial charge on any atom is 0.104 e. The Morgan fingerprint density at radius 3 is 2.15 bits per heavy atom. The first-order valence-corrected chi connectivity index (χ1v) is 7.85. The highest BCUT2D eigenvalue weighted by atomic mass is 79.9. The third-order valence-corrected chi connectivity index (χ3v) is 4.27. The second-order valence-corrected chi connectivity index (χ2v) is 6.36. The number of benzene rings is 2. The summed E-state index contributed by atoms with van der Waals surface area (Å²) in [7, 11) is 0. The molecule has 0 saturated heterocycles. The maximum atomic E-state index is 10.5. The fourth-order valence-corrected chi connectivity index (χ4v) is 2.98. The highest BCUT2D eigenvalue weighted by molar-refractivity contribution is 9.10. The van der Waals surface area contributed by atoms with E-state index in [1.807, 2.05) is 37.3 Å². The van der Waals surface area contributed by atoms with Crippen molar-refractivity contribution in [1.82, 2.24) is 0 Å². The summed E-state index contributed by atoms with van der Waals surface area (Å²) in [5, 5.41) is 10.5. The van der Waals surface area contributed by atoms with E-state index in [9.17, 15) is 5.11 Å². The van der Waals surface area contributed by atoms with Crippen LogP contribution in [-0.2, 0) is 0 Å². The van der Waals surface area contributed by atoms with Crippen molar-refractivity contribution >= 4 is 15.9 Å². The molecular weight excluding hydrogens is 312 g/mol. The minimum atomic E-state index is -0.572. The average Bonchev–Trinajstić information content (AvgIpc) is 2.45. The summed E-state index contributed by atoms with van der Waals surface area (Å²) < 4.78 is 1.00. The molecule has 2 aromatic carbocycles. The molecule has 2 atom stereocenters. The molecule has 0 aliphatic heterocycles. The molecule has 0 aliphatic rings. The summed E-state index contributed by atoms with van der Waals surface area (Å²) in [4.78, 5) is 0. The zero-order valence-electron chi connectivity index (χ0n) is 12.2. The van der Waals surface area contributed by atoms with Crippen molar-refractivity contribution < 1.29 is 5.11 Å². The van der Waals surface area contributed by atoms with Crippen LogP contribution in [0.15, 0.2) is 46.9 Å². The predicted octanol–water partition coefficient (Wildman–Crippen LogP) is 5.35. The van der Waals surface area contributed by atoms with Gasteiger partial charge in [0.05, 0.1) is 0 Å². The molecule has 0 aliphatic carbocycles. The fourth-order valence-electron chi connectivity index (χ4n) is 2.36. The Hall–Kier alpha value is -1.12. The van der Waals surface area contributed by atoms with E-state index in [2.05, 4.69) is 41.9 Å². The Balaban J connectivity index is 2.26. The Bertz CT molecular complexity index is 554. The number of aliphatic hydroxyl groups excluding tert-OH is 1. The molecule has 0 fully saturated rings. The lowest BCUT2D eigenvalue weighted by Crippen LogP contribution is -2.01. The van der Waals surface area contributed by atoms with Gasteiger partial charge in [0.1, 0.15) is 6.10 Å². The first kappa shape index (κ1) is 15.3. The molecule has 0 heterocycles. The number of hydrogen-bond acceptors (Lipinski definition) is 1. The number of halogens is 1. The van der Waals surface area contributed by atoms with Gasteiger partial charge >= 0.3 is 0 Å². The lowest BCUT2D eigenvalue weighted by molar-refractivity contribution is 0.220. The molecule has 2 heteroatoms. The van der Waals surface area contributed by atoms with Crippen molar-refractivity contribution in [2.45, 2.75) is 39.2 Å². The number of aryl methyl sites for hydroxylation is 1. The summed E-state index contributed by atoms with van der Waals surface area (Å²) in [6.07, 6.45) is 0.560. The summed E-state index contributed by atoms with van der Waals surface area (Å²) in [5.74, 6) is 0.564. The van der Waals surface area contributed by atoms with E-state index in [0.29, 0.717) is 5.92 Å². The Morgan fingerprint density at radius 1 is 1.00 bits per heavy atom. The van der Waals surface area contributed by atoms with Crippen LogP contribution in [0.3, 0.4) is 0 Å². The lowest BCUT2D eigenvalue weighted by atomic mass is 9.94. The van der Waals surface area contributed by atoms with E-state index in [4.69, 9.17) is 0 Å². The minimum absolute atomic E-state index is 0.564. The number of aliphatic hydroxyl groups is 1. The van der Waals surface area contributed by atoms with Crippen LogP contribution in [0.4, 0.5) is 0 Å². The molecule has 1 nitrogen and oxygen atoms in total. The molecule has 2 aromatic rings. The molecule has 2 unspecified atom stereocenters. The molecule has 0 amide bonds. The van der Waals surface area contributed by atoms with E-state index in [0.717, 1.165) is 27.6 Å². The Morgan fingerprint density at radius 2 is 1.60 bits per heavy atom. The van der Waals surface area contributed by atoms with Crippen LogP contribution in [0.1, 0.15) is 54.5 Å². The molecular formula is C18H21BrO. The second kappa shape index (κ2) is 6.55. The zero-order chi connectivity index (χ0) is 14.7. The first-order valence-electron chi connectivity index (χ1n) is 7.06. The molecule has 0 saturated carbocycles. The number of hydrogen-bond donors (Lipinski definition) is 1. The minimum Gasteiger partial charge on any atom is -0.384 e.